The van der Waals surface area contributed by atoms with Crippen molar-refractivity contribution in [1.29, 1.82) is 0 Å². The minimum absolute atomic E-state index is 0.291. The van der Waals surface area contributed by atoms with Crippen LogP contribution in [0.25, 0.3) is 0 Å². The number of alkyl halides is 6. The predicted octanol–water partition coefficient (Wildman–Crippen LogP) is 4.43. The van der Waals surface area contributed by atoms with Crippen molar-refractivity contribution in [3.05, 3.63) is 34.9 Å². The van der Waals surface area contributed by atoms with Gasteiger partial charge in [-0.25, -0.2) is 0 Å². The zero-order valence-electron chi connectivity index (χ0n) is 12.6. The summed E-state index contributed by atoms with van der Waals surface area (Å²) in [5, 5.41) is 2.19. The Bertz CT molecular complexity index is 611. The summed E-state index contributed by atoms with van der Waals surface area (Å²) < 4.78 is 83.7. The molecule has 1 N–H and O–H groups in total. The number of carbonyl (C=O) groups excluding carboxylic acids is 1. The molecule has 3 nitrogen and oxygen atoms in total. The quantitative estimate of drug-likeness (QED) is 0.812. The fraction of sp³-hybridized carbons (Fsp3) is 0.533. The molecule has 1 heterocycles. The highest BCUT2D eigenvalue weighted by Crippen LogP contribution is 2.44. The van der Waals surface area contributed by atoms with Gasteiger partial charge >= 0.3 is 12.4 Å². The van der Waals surface area contributed by atoms with Crippen LogP contribution in [0, 0.1) is 0 Å². The Morgan fingerprint density at radius 1 is 1.12 bits per heavy atom. The maximum absolute atomic E-state index is 13.2. The number of unbranched alkanes of at least 4 members (excludes halogenated alkanes) is 1. The van der Waals surface area contributed by atoms with E-state index in [1.807, 2.05) is 6.92 Å². The molecule has 1 aromatic rings. The Labute approximate surface area is 134 Å². The van der Waals surface area contributed by atoms with Crippen molar-refractivity contribution < 1.29 is 35.9 Å². The molecule has 1 aliphatic heterocycles. The lowest BCUT2D eigenvalue weighted by atomic mass is 9.99. The van der Waals surface area contributed by atoms with E-state index < -0.39 is 47.3 Å². The smallest absolute Gasteiger partial charge is 0.341 e. The Kier molecular flexibility index (Phi) is 5.12. The number of amides is 1. The van der Waals surface area contributed by atoms with Crippen LogP contribution in [0.4, 0.5) is 26.3 Å². The SMILES string of the molecule is CCCCC1OC(c2cccc(C(F)(F)F)c2C(F)(F)F)NC1=O. The zero-order valence-corrected chi connectivity index (χ0v) is 12.6. The molecule has 0 aliphatic carbocycles. The van der Waals surface area contributed by atoms with Crippen LogP contribution in [0.15, 0.2) is 18.2 Å². The van der Waals surface area contributed by atoms with Gasteiger partial charge in [-0.2, -0.15) is 26.3 Å². The largest absolute Gasteiger partial charge is 0.417 e. The summed E-state index contributed by atoms with van der Waals surface area (Å²) in [7, 11) is 0. The molecule has 2 unspecified atom stereocenters. The molecule has 0 aromatic heterocycles. The molecule has 1 fully saturated rings. The highest BCUT2D eigenvalue weighted by molar-refractivity contribution is 5.82. The number of hydrogen-bond acceptors (Lipinski definition) is 2. The van der Waals surface area contributed by atoms with E-state index in [4.69, 9.17) is 4.74 Å². The number of hydrogen-bond donors (Lipinski definition) is 1. The topological polar surface area (TPSA) is 38.3 Å². The van der Waals surface area contributed by atoms with Gasteiger partial charge in [0.2, 0.25) is 0 Å². The first kappa shape index (κ1) is 18.6. The molecule has 134 valence electrons. The summed E-state index contributed by atoms with van der Waals surface area (Å²) in [5.41, 5.74) is -4.38. The van der Waals surface area contributed by atoms with Gasteiger partial charge in [-0.05, 0) is 12.5 Å². The second-order valence-electron chi connectivity index (χ2n) is 5.42. The van der Waals surface area contributed by atoms with Crippen LogP contribution in [0.2, 0.25) is 0 Å². The van der Waals surface area contributed by atoms with Crippen molar-refractivity contribution in [3.8, 4) is 0 Å². The van der Waals surface area contributed by atoms with Crippen LogP contribution in [0.5, 0.6) is 0 Å². The predicted molar refractivity (Wildman–Crippen MR) is 71.7 cm³/mol. The number of ether oxygens (including phenoxy) is 1. The van der Waals surface area contributed by atoms with Crippen molar-refractivity contribution >= 4 is 5.91 Å². The van der Waals surface area contributed by atoms with E-state index in [2.05, 4.69) is 5.32 Å². The van der Waals surface area contributed by atoms with Crippen molar-refractivity contribution in [2.75, 3.05) is 0 Å². The van der Waals surface area contributed by atoms with E-state index in [1.165, 1.54) is 0 Å². The molecule has 24 heavy (non-hydrogen) atoms. The summed E-state index contributed by atoms with van der Waals surface area (Å²) in [5.74, 6) is -0.626. The molecule has 2 atom stereocenters. The molecule has 2 rings (SSSR count). The third-order valence-corrected chi connectivity index (χ3v) is 3.65. The summed E-state index contributed by atoms with van der Waals surface area (Å²) >= 11 is 0. The third kappa shape index (κ3) is 3.82. The van der Waals surface area contributed by atoms with E-state index in [0.29, 0.717) is 18.9 Å². The van der Waals surface area contributed by atoms with Crippen LogP contribution >= 0.6 is 0 Å². The average Bonchev–Trinajstić information content (AvgIpc) is 2.83. The van der Waals surface area contributed by atoms with Gasteiger partial charge < -0.3 is 10.1 Å². The van der Waals surface area contributed by atoms with Gasteiger partial charge in [0.25, 0.3) is 5.91 Å². The maximum Gasteiger partial charge on any atom is 0.417 e. The minimum Gasteiger partial charge on any atom is -0.341 e. The molecule has 0 spiro atoms. The zero-order chi connectivity index (χ0) is 18.1. The Hall–Kier alpha value is -1.77. The molecule has 1 aliphatic rings. The molecular formula is C15H15F6NO2. The Morgan fingerprint density at radius 2 is 1.79 bits per heavy atom. The van der Waals surface area contributed by atoms with Gasteiger partial charge in [0, 0.05) is 5.56 Å². The minimum atomic E-state index is -5.24. The van der Waals surface area contributed by atoms with Crippen LogP contribution in [-0.4, -0.2) is 12.0 Å². The van der Waals surface area contributed by atoms with E-state index in [-0.39, 0.29) is 0 Å². The molecule has 0 saturated carbocycles. The molecule has 1 saturated heterocycles. The van der Waals surface area contributed by atoms with Crippen molar-refractivity contribution in [1.82, 2.24) is 5.32 Å². The van der Waals surface area contributed by atoms with Gasteiger partial charge in [-0.3, -0.25) is 4.79 Å². The summed E-state index contributed by atoms with van der Waals surface area (Å²) in [6.07, 6.45) is -11.3. The molecule has 9 heteroatoms. The number of carbonyl (C=O) groups is 1. The number of nitrogens with one attached hydrogen (secondary N) is 1. The lowest BCUT2D eigenvalue weighted by Crippen LogP contribution is -2.26. The first-order chi connectivity index (χ1) is 11.1. The Morgan fingerprint density at radius 3 is 2.33 bits per heavy atom. The first-order valence-electron chi connectivity index (χ1n) is 7.28. The molecule has 1 amide bonds. The van der Waals surface area contributed by atoms with Crippen molar-refractivity contribution in [2.45, 2.75) is 50.9 Å². The molecule has 0 bridgehead atoms. The monoisotopic (exact) mass is 355 g/mol. The van der Waals surface area contributed by atoms with Gasteiger partial charge in [-0.1, -0.05) is 31.9 Å². The normalized spacial score (nSPS) is 21.9. The second kappa shape index (κ2) is 6.62. The molecule has 1 aromatic carbocycles. The van der Waals surface area contributed by atoms with Crippen LogP contribution in [-0.2, 0) is 21.9 Å². The Balaban J connectivity index is 2.43. The number of halogens is 6. The fourth-order valence-corrected chi connectivity index (χ4v) is 2.56. The molecular weight excluding hydrogens is 340 g/mol. The summed E-state index contributed by atoms with van der Waals surface area (Å²) in [6, 6.07) is 2.10. The standard InChI is InChI=1S/C15H15F6NO2/c1-2-3-7-10-12(23)22-13(24-10)8-5-4-6-9(14(16,17)18)11(8)15(19,20)21/h4-6,10,13H,2-3,7H2,1H3,(H,22,23). The highest BCUT2D eigenvalue weighted by atomic mass is 19.4. The first-order valence-corrected chi connectivity index (χ1v) is 7.28. The van der Waals surface area contributed by atoms with Crippen LogP contribution < -0.4 is 5.32 Å². The number of benzene rings is 1. The molecule has 0 radical (unpaired) electrons. The van der Waals surface area contributed by atoms with E-state index in [1.54, 1.807) is 0 Å². The summed E-state index contributed by atoms with van der Waals surface area (Å²) in [4.78, 5) is 11.8. The summed E-state index contributed by atoms with van der Waals surface area (Å²) in [6.45, 7) is 1.86. The van der Waals surface area contributed by atoms with Crippen molar-refractivity contribution in [3.63, 3.8) is 0 Å². The average molecular weight is 355 g/mol. The second-order valence-corrected chi connectivity index (χ2v) is 5.42. The van der Waals surface area contributed by atoms with E-state index in [0.717, 1.165) is 18.6 Å². The number of rotatable bonds is 4. The van der Waals surface area contributed by atoms with E-state index in [9.17, 15) is 31.1 Å². The van der Waals surface area contributed by atoms with Gasteiger partial charge in [0.1, 0.15) is 6.10 Å². The van der Waals surface area contributed by atoms with E-state index >= 15 is 0 Å². The van der Waals surface area contributed by atoms with Crippen molar-refractivity contribution in [2.24, 2.45) is 0 Å². The highest BCUT2D eigenvalue weighted by Gasteiger charge is 2.47. The maximum atomic E-state index is 13.2. The van der Waals surface area contributed by atoms with Gasteiger partial charge in [0.15, 0.2) is 6.23 Å². The lowest BCUT2D eigenvalue weighted by molar-refractivity contribution is -0.163. The lowest BCUT2D eigenvalue weighted by Gasteiger charge is -2.22. The third-order valence-electron chi connectivity index (χ3n) is 3.65. The van der Waals surface area contributed by atoms with Gasteiger partial charge in [0.05, 0.1) is 11.1 Å². The fourth-order valence-electron chi connectivity index (χ4n) is 2.56. The van der Waals surface area contributed by atoms with Crippen LogP contribution in [0.3, 0.4) is 0 Å². The van der Waals surface area contributed by atoms with Gasteiger partial charge in [-0.15, -0.1) is 0 Å². The van der Waals surface area contributed by atoms with Crippen LogP contribution in [0.1, 0.15) is 49.1 Å².